The molecular weight excluding hydrogens is 411 g/mol. The van der Waals surface area contributed by atoms with Crippen molar-refractivity contribution in [1.29, 1.82) is 0 Å². The number of para-hydroxylation sites is 1. The summed E-state index contributed by atoms with van der Waals surface area (Å²) in [6.07, 6.45) is 5.79. The van der Waals surface area contributed by atoms with Gasteiger partial charge in [0, 0.05) is 5.69 Å². The Morgan fingerprint density at radius 2 is 1.82 bits per heavy atom. The number of amides is 1. The normalized spacial score (nSPS) is 19.3. The third-order valence-corrected chi connectivity index (χ3v) is 7.75. The van der Waals surface area contributed by atoms with Gasteiger partial charge >= 0.3 is 13.0 Å². The molecule has 0 aromatic heterocycles. The van der Waals surface area contributed by atoms with E-state index in [2.05, 4.69) is 37.9 Å². The molecule has 6 heteroatoms. The molecule has 2 aromatic rings. The summed E-state index contributed by atoms with van der Waals surface area (Å²) in [6.45, 7) is 8.36. The number of fused-ring (bicyclic) bond motifs is 2. The number of anilines is 1. The van der Waals surface area contributed by atoms with E-state index in [1.54, 1.807) is 0 Å². The van der Waals surface area contributed by atoms with Crippen LogP contribution in [0.1, 0.15) is 71.3 Å². The largest absolute Gasteiger partial charge is 0.469 e. The third kappa shape index (κ3) is 3.83. The second-order valence-electron chi connectivity index (χ2n) is 9.97. The van der Waals surface area contributed by atoms with Gasteiger partial charge in [-0.15, -0.1) is 0 Å². The van der Waals surface area contributed by atoms with E-state index in [1.807, 2.05) is 31.2 Å². The summed E-state index contributed by atoms with van der Waals surface area (Å²) in [5.41, 5.74) is 8.65. The van der Waals surface area contributed by atoms with Crippen LogP contribution in [0.25, 0.3) is 0 Å². The highest BCUT2D eigenvalue weighted by Crippen LogP contribution is 2.42. The van der Waals surface area contributed by atoms with Gasteiger partial charge in [-0.2, -0.15) is 0 Å². The van der Waals surface area contributed by atoms with Crippen molar-refractivity contribution >= 4 is 30.0 Å². The summed E-state index contributed by atoms with van der Waals surface area (Å²) in [6, 6.07) is 7.78. The van der Waals surface area contributed by atoms with Crippen LogP contribution in [0.3, 0.4) is 0 Å². The van der Waals surface area contributed by atoms with Gasteiger partial charge in [0.1, 0.15) is 0 Å². The molecule has 1 unspecified atom stereocenters. The Bertz CT molecular complexity index is 1110. The van der Waals surface area contributed by atoms with Crippen LogP contribution in [0.15, 0.2) is 24.3 Å². The van der Waals surface area contributed by atoms with E-state index >= 15 is 0 Å². The number of nitrogens with one attached hydrogen (secondary N) is 1. The molecule has 0 spiro atoms. The second kappa shape index (κ2) is 8.88. The van der Waals surface area contributed by atoms with Crippen molar-refractivity contribution in [3.05, 3.63) is 57.6 Å². The van der Waals surface area contributed by atoms with Crippen LogP contribution >= 0.6 is 0 Å². The summed E-state index contributed by atoms with van der Waals surface area (Å²) in [5.74, 6) is -0.186. The van der Waals surface area contributed by atoms with Gasteiger partial charge in [-0.05, 0) is 98.9 Å². The minimum atomic E-state index is -0.541. The molecular formula is C27H35BN2O3. The molecule has 0 saturated heterocycles. The maximum atomic E-state index is 13.0. The molecule has 0 bridgehead atoms. The van der Waals surface area contributed by atoms with Gasteiger partial charge < -0.3 is 14.8 Å². The fourth-order valence-corrected chi connectivity index (χ4v) is 5.86. The number of hydrogen-bond donors (Lipinski definition) is 1. The number of esters is 1. The van der Waals surface area contributed by atoms with E-state index in [0.717, 1.165) is 24.9 Å². The average molecular weight is 446 g/mol. The molecule has 5 nitrogen and oxygen atoms in total. The Hall–Kier alpha value is -2.76. The van der Waals surface area contributed by atoms with Crippen LogP contribution < -0.4 is 15.5 Å². The van der Waals surface area contributed by atoms with E-state index in [-0.39, 0.29) is 18.9 Å². The summed E-state index contributed by atoms with van der Waals surface area (Å²) >= 11 is 0. The van der Waals surface area contributed by atoms with Crippen LogP contribution in [0.5, 0.6) is 0 Å². The van der Waals surface area contributed by atoms with E-state index in [0.29, 0.717) is 18.4 Å². The predicted molar refractivity (Wildman–Crippen MR) is 134 cm³/mol. The zero-order chi connectivity index (χ0) is 23.9. The summed E-state index contributed by atoms with van der Waals surface area (Å²) in [4.78, 5) is 27.9. The number of rotatable bonds is 6. The first-order valence-corrected chi connectivity index (χ1v) is 12.1. The van der Waals surface area contributed by atoms with Crippen LogP contribution in [0.4, 0.5) is 5.69 Å². The first-order valence-electron chi connectivity index (χ1n) is 12.1. The van der Waals surface area contributed by atoms with Crippen molar-refractivity contribution in [1.82, 2.24) is 5.23 Å². The Morgan fingerprint density at radius 3 is 2.48 bits per heavy atom. The van der Waals surface area contributed by atoms with Crippen molar-refractivity contribution in [3.8, 4) is 0 Å². The molecule has 1 aliphatic carbocycles. The number of methoxy groups -OCH3 is 1. The molecule has 2 aromatic carbocycles. The number of benzene rings is 2. The maximum Gasteiger partial charge on any atom is 0.411 e. The zero-order valence-electron chi connectivity index (χ0n) is 20.8. The van der Waals surface area contributed by atoms with Crippen LogP contribution in [0.2, 0.25) is 0 Å². The highest BCUT2D eigenvalue weighted by Gasteiger charge is 2.45. The standard InChI is InChI=1S/C27H35BN2O3/c1-7-8-9-12-19-17(2)21-15-27(4,26(32)33-6)16-22(21)18(3)24(19)28-29-25(31)20-13-10-11-14-23(20)30(28)5/h10-11,13-14H,7-9,12,15-16H2,1-6H3,(H,29,31). The van der Waals surface area contributed by atoms with Gasteiger partial charge in [-0.3, -0.25) is 9.59 Å². The summed E-state index contributed by atoms with van der Waals surface area (Å²) < 4.78 is 5.17. The number of ether oxygens (including phenoxy) is 1. The first kappa shape index (κ1) is 23.4. The number of nitrogens with zero attached hydrogens (tertiary/aromatic N) is 1. The quantitative estimate of drug-likeness (QED) is 0.416. The minimum absolute atomic E-state index is 0.0369. The van der Waals surface area contributed by atoms with Gasteiger partial charge in [0.05, 0.1) is 18.1 Å². The van der Waals surface area contributed by atoms with E-state index in [4.69, 9.17) is 4.74 Å². The van der Waals surface area contributed by atoms with Crippen molar-refractivity contribution in [3.63, 3.8) is 0 Å². The third-order valence-electron chi connectivity index (χ3n) is 7.75. The molecule has 33 heavy (non-hydrogen) atoms. The first-order chi connectivity index (χ1) is 15.7. The second-order valence-corrected chi connectivity index (χ2v) is 9.97. The predicted octanol–water partition coefficient (Wildman–Crippen LogP) is 3.89. The SMILES string of the molecule is CCCCCc1c(C)c2c(c(C)c1B1NC(=O)c3ccccc3N1C)CC(C)(C(=O)OC)C2. The molecule has 0 fully saturated rings. The van der Waals surface area contributed by atoms with Gasteiger partial charge in [-0.1, -0.05) is 31.9 Å². The molecule has 0 radical (unpaired) electrons. The molecule has 1 aliphatic heterocycles. The fourth-order valence-electron chi connectivity index (χ4n) is 5.86. The van der Waals surface area contributed by atoms with Crippen molar-refractivity contribution in [2.24, 2.45) is 5.41 Å². The lowest BCUT2D eigenvalue weighted by Gasteiger charge is -2.36. The Balaban J connectivity index is 1.87. The molecule has 1 amide bonds. The highest BCUT2D eigenvalue weighted by molar-refractivity contribution is 6.78. The Morgan fingerprint density at radius 1 is 1.15 bits per heavy atom. The number of hydrogen-bond acceptors (Lipinski definition) is 4. The zero-order valence-corrected chi connectivity index (χ0v) is 20.8. The van der Waals surface area contributed by atoms with Crippen molar-refractivity contribution in [2.75, 3.05) is 19.0 Å². The lowest BCUT2D eigenvalue weighted by atomic mass is 9.58. The topological polar surface area (TPSA) is 58.6 Å². The van der Waals surface area contributed by atoms with Gasteiger partial charge in [0.15, 0.2) is 0 Å². The van der Waals surface area contributed by atoms with Gasteiger partial charge in [-0.25, -0.2) is 0 Å². The smallest absolute Gasteiger partial charge is 0.411 e. The van der Waals surface area contributed by atoms with Crippen LogP contribution in [-0.2, 0) is 28.8 Å². The maximum absolute atomic E-state index is 13.0. The molecule has 2 aliphatic rings. The number of carbonyl (C=O) groups excluding carboxylic acids is 2. The Labute approximate surface area is 198 Å². The molecule has 0 saturated carbocycles. The lowest BCUT2D eigenvalue weighted by Crippen LogP contribution is -2.63. The van der Waals surface area contributed by atoms with E-state index < -0.39 is 5.41 Å². The summed E-state index contributed by atoms with van der Waals surface area (Å²) in [5, 5.41) is 3.28. The Kier molecular flexibility index (Phi) is 6.30. The molecule has 1 N–H and O–H groups in total. The van der Waals surface area contributed by atoms with Crippen molar-refractivity contribution < 1.29 is 14.3 Å². The van der Waals surface area contributed by atoms with E-state index in [1.165, 1.54) is 46.8 Å². The number of unbranched alkanes of at least 4 members (excludes halogenated alkanes) is 2. The summed E-state index contributed by atoms with van der Waals surface area (Å²) in [7, 11) is 3.53. The molecule has 1 atom stereocenters. The highest BCUT2D eigenvalue weighted by atomic mass is 16.5. The fraction of sp³-hybridized carbons (Fsp3) is 0.481. The van der Waals surface area contributed by atoms with Gasteiger partial charge in [0.25, 0.3) is 0 Å². The van der Waals surface area contributed by atoms with Gasteiger partial charge in [0.2, 0.25) is 5.91 Å². The van der Waals surface area contributed by atoms with Crippen LogP contribution in [-0.4, -0.2) is 33.0 Å². The van der Waals surface area contributed by atoms with E-state index in [9.17, 15) is 9.59 Å². The van der Waals surface area contributed by atoms with Crippen LogP contribution in [0, 0.1) is 19.3 Å². The average Bonchev–Trinajstić information content (AvgIpc) is 3.19. The number of carbonyl (C=O) groups is 2. The monoisotopic (exact) mass is 446 g/mol. The minimum Gasteiger partial charge on any atom is -0.469 e. The molecule has 174 valence electrons. The molecule has 1 heterocycles. The molecule has 4 rings (SSSR count). The lowest BCUT2D eigenvalue weighted by molar-refractivity contribution is -0.151. The van der Waals surface area contributed by atoms with Crippen molar-refractivity contribution in [2.45, 2.75) is 66.2 Å².